The molecule has 0 aliphatic rings. The minimum absolute atomic E-state index is 0.0630. The molecule has 47 valence electrons. The molecule has 0 aromatic carbocycles. The van der Waals surface area contributed by atoms with Gasteiger partial charge in [0.25, 0.3) is 0 Å². The van der Waals surface area contributed by atoms with Crippen molar-refractivity contribution in [2.24, 2.45) is 0 Å². The van der Waals surface area contributed by atoms with E-state index in [4.69, 9.17) is 0 Å². The summed E-state index contributed by atoms with van der Waals surface area (Å²) in [5.74, 6) is 0. The van der Waals surface area contributed by atoms with E-state index in [1.165, 1.54) is 0 Å². The van der Waals surface area contributed by atoms with Crippen molar-refractivity contribution in [1.82, 2.24) is 4.98 Å². The Bertz CT molecular complexity index is 172. The highest BCUT2D eigenvalue weighted by Gasteiger charge is 1.95. The molecule has 1 atom stereocenters. The molecule has 1 nitrogen and oxygen atoms in total. The third-order valence-electron chi connectivity index (χ3n) is 1.09. The van der Waals surface area contributed by atoms with Gasteiger partial charge in [-0.05, 0) is 24.6 Å². The second kappa shape index (κ2) is 2.87. The fourth-order valence-corrected chi connectivity index (χ4v) is 0.758. The summed E-state index contributed by atoms with van der Waals surface area (Å²) in [6.45, 7) is 3.75. The molecule has 1 radical (unpaired) electrons. The fraction of sp³-hybridized carbons (Fsp3) is 0.143. The maximum Gasteiger partial charge on any atom is 0.0270 e. The Morgan fingerprint density at radius 1 is 1.44 bits per heavy atom. The van der Waals surface area contributed by atoms with E-state index in [1.54, 1.807) is 12.4 Å². The van der Waals surface area contributed by atoms with E-state index in [2.05, 4.69) is 24.5 Å². The fourth-order valence-electron chi connectivity index (χ4n) is 0.586. The van der Waals surface area contributed by atoms with Gasteiger partial charge in [0.1, 0.15) is 0 Å². The molecular formula is C7H8NS. The van der Waals surface area contributed by atoms with Gasteiger partial charge in [0, 0.05) is 17.6 Å². The number of hydrogen-bond acceptors (Lipinski definition) is 2. The first kappa shape index (κ1) is 6.62. The zero-order valence-corrected chi connectivity index (χ0v) is 5.88. The lowest BCUT2D eigenvalue weighted by molar-refractivity contribution is 1.19. The Hall–Kier alpha value is -0.500. The van der Waals surface area contributed by atoms with Gasteiger partial charge < -0.3 is 0 Å². The Morgan fingerprint density at radius 2 is 2.00 bits per heavy atom. The molecule has 0 fully saturated rings. The standard InChI is InChI=1S/C7H8NS/c1-6(9)7-2-4-8-5-3-7/h2-6,9H,1H2. The highest BCUT2D eigenvalue weighted by Crippen LogP contribution is 2.15. The molecule has 1 rings (SSSR count). The average Bonchev–Trinajstić information content (AvgIpc) is 1.90. The van der Waals surface area contributed by atoms with E-state index < -0.39 is 0 Å². The van der Waals surface area contributed by atoms with Crippen molar-refractivity contribution in [2.75, 3.05) is 0 Å². The van der Waals surface area contributed by atoms with E-state index in [9.17, 15) is 0 Å². The third-order valence-corrected chi connectivity index (χ3v) is 1.39. The molecule has 2 heteroatoms. The summed E-state index contributed by atoms with van der Waals surface area (Å²) in [4.78, 5) is 3.87. The maximum absolute atomic E-state index is 4.15. The Balaban J connectivity index is 2.85. The first-order valence-electron chi connectivity index (χ1n) is 2.72. The summed E-state index contributed by atoms with van der Waals surface area (Å²) in [7, 11) is 0. The van der Waals surface area contributed by atoms with Crippen LogP contribution in [0.2, 0.25) is 0 Å². The van der Waals surface area contributed by atoms with Crippen molar-refractivity contribution in [1.29, 1.82) is 0 Å². The van der Waals surface area contributed by atoms with E-state index in [0.717, 1.165) is 5.56 Å². The molecule has 0 bridgehead atoms. The maximum atomic E-state index is 4.15. The molecule has 1 aromatic rings. The molecule has 0 spiro atoms. The van der Waals surface area contributed by atoms with Gasteiger partial charge in [-0.2, -0.15) is 12.6 Å². The molecule has 0 N–H and O–H groups in total. The normalized spacial score (nSPS) is 13.1. The zero-order valence-electron chi connectivity index (χ0n) is 4.99. The van der Waals surface area contributed by atoms with Gasteiger partial charge in [-0.25, -0.2) is 0 Å². The minimum atomic E-state index is 0.0630. The first-order chi connectivity index (χ1) is 4.30. The number of aromatic nitrogens is 1. The second-order valence-corrected chi connectivity index (χ2v) is 2.42. The number of pyridine rings is 1. The molecule has 1 unspecified atom stereocenters. The van der Waals surface area contributed by atoms with Crippen molar-refractivity contribution in [3.63, 3.8) is 0 Å². The van der Waals surface area contributed by atoms with E-state index >= 15 is 0 Å². The van der Waals surface area contributed by atoms with Crippen LogP contribution in [0.1, 0.15) is 10.8 Å². The topological polar surface area (TPSA) is 12.9 Å². The smallest absolute Gasteiger partial charge is 0.0270 e. The molecule has 0 saturated carbocycles. The third kappa shape index (κ3) is 1.72. The highest BCUT2D eigenvalue weighted by atomic mass is 32.1. The molecule has 0 aliphatic carbocycles. The molecule has 0 aliphatic heterocycles. The predicted molar refractivity (Wildman–Crippen MR) is 41.3 cm³/mol. The summed E-state index contributed by atoms with van der Waals surface area (Å²) < 4.78 is 0. The molecule has 0 amide bonds. The van der Waals surface area contributed by atoms with Crippen LogP contribution < -0.4 is 0 Å². The molecular weight excluding hydrogens is 130 g/mol. The van der Waals surface area contributed by atoms with Crippen molar-refractivity contribution < 1.29 is 0 Å². The monoisotopic (exact) mass is 138 g/mol. The van der Waals surface area contributed by atoms with Crippen molar-refractivity contribution in [2.45, 2.75) is 5.25 Å². The van der Waals surface area contributed by atoms with Crippen LogP contribution in [-0.4, -0.2) is 4.98 Å². The minimum Gasteiger partial charge on any atom is -0.265 e. The van der Waals surface area contributed by atoms with Crippen molar-refractivity contribution >= 4 is 12.6 Å². The van der Waals surface area contributed by atoms with Gasteiger partial charge in [0.15, 0.2) is 0 Å². The Labute approximate surface area is 60.5 Å². The number of nitrogens with zero attached hydrogens (tertiary/aromatic N) is 1. The molecule has 0 saturated heterocycles. The van der Waals surface area contributed by atoms with Crippen LogP contribution in [0.4, 0.5) is 0 Å². The summed E-state index contributed by atoms with van der Waals surface area (Å²) >= 11 is 4.15. The van der Waals surface area contributed by atoms with Crippen molar-refractivity contribution in [3.05, 3.63) is 37.0 Å². The lowest BCUT2D eigenvalue weighted by Crippen LogP contribution is -1.82. The quantitative estimate of drug-likeness (QED) is 0.585. The van der Waals surface area contributed by atoms with E-state index in [1.807, 2.05) is 12.1 Å². The predicted octanol–water partition coefficient (Wildman–Crippen LogP) is 1.89. The number of thiol groups is 1. The van der Waals surface area contributed by atoms with Crippen LogP contribution in [0.15, 0.2) is 24.5 Å². The van der Waals surface area contributed by atoms with Crippen LogP contribution in [0, 0.1) is 6.92 Å². The second-order valence-electron chi connectivity index (χ2n) is 1.80. The van der Waals surface area contributed by atoms with E-state index in [0.29, 0.717) is 0 Å². The highest BCUT2D eigenvalue weighted by molar-refractivity contribution is 7.80. The lowest BCUT2D eigenvalue weighted by Gasteiger charge is -2.00. The molecule has 1 aromatic heterocycles. The van der Waals surface area contributed by atoms with Gasteiger partial charge in [-0.1, -0.05) is 0 Å². The Kier molecular flexibility index (Phi) is 2.11. The largest absolute Gasteiger partial charge is 0.265 e. The van der Waals surface area contributed by atoms with Crippen molar-refractivity contribution in [3.8, 4) is 0 Å². The Morgan fingerprint density at radius 3 is 2.33 bits per heavy atom. The number of hydrogen-bond donors (Lipinski definition) is 1. The van der Waals surface area contributed by atoms with Crippen LogP contribution in [0.5, 0.6) is 0 Å². The first-order valence-corrected chi connectivity index (χ1v) is 3.23. The summed E-state index contributed by atoms with van der Waals surface area (Å²) in [6, 6.07) is 3.81. The van der Waals surface area contributed by atoms with Crippen LogP contribution in [-0.2, 0) is 0 Å². The summed E-state index contributed by atoms with van der Waals surface area (Å²) in [5.41, 5.74) is 1.10. The van der Waals surface area contributed by atoms with Crippen LogP contribution in [0.25, 0.3) is 0 Å². The van der Waals surface area contributed by atoms with Gasteiger partial charge in [0.05, 0.1) is 0 Å². The average molecular weight is 138 g/mol. The molecule has 9 heavy (non-hydrogen) atoms. The number of rotatable bonds is 1. The van der Waals surface area contributed by atoms with Crippen LogP contribution in [0.3, 0.4) is 0 Å². The zero-order chi connectivity index (χ0) is 6.69. The summed E-state index contributed by atoms with van der Waals surface area (Å²) in [6.07, 6.45) is 3.48. The van der Waals surface area contributed by atoms with E-state index in [-0.39, 0.29) is 5.25 Å². The van der Waals surface area contributed by atoms with Crippen LogP contribution >= 0.6 is 12.6 Å². The van der Waals surface area contributed by atoms with Gasteiger partial charge in [-0.3, -0.25) is 4.98 Å². The van der Waals surface area contributed by atoms with Gasteiger partial charge in [0.2, 0.25) is 0 Å². The lowest BCUT2D eigenvalue weighted by atomic mass is 10.2. The molecule has 1 heterocycles. The van der Waals surface area contributed by atoms with Gasteiger partial charge in [-0.15, -0.1) is 0 Å². The SMILES string of the molecule is [CH2]C(S)c1ccncc1. The van der Waals surface area contributed by atoms with Gasteiger partial charge >= 0.3 is 0 Å². The summed E-state index contributed by atoms with van der Waals surface area (Å²) in [5, 5.41) is 0.0630.